The fourth-order valence-corrected chi connectivity index (χ4v) is 5.74. The van der Waals surface area contributed by atoms with Crippen molar-refractivity contribution in [2.24, 2.45) is 7.05 Å². The number of rotatable bonds is 3. The van der Waals surface area contributed by atoms with E-state index in [9.17, 15) is 13.2 Å². The van der Waals surface area contributed by atoms with E-state index in [1.54, 1.807) is 0 Å². The lowest BCUT2D eigenvalue weighted by Gasteiger charge is -2.19. The summed E-state index contributed by atoms with van der Waals surface area (Å²) in [4.78, 5) is 11.0. The van der Waals surface area contributed by atoms with E-state index in [4.69, 9.17) is 5.11 Å². The number of carboxylic acids is 1. The van der Waals surface area contributed by atoms with Crippen LogP contribution < -0.4 is 0 Å². The maximum Gasteiger partial charge on any atom is 0.322 e. The minimum Gasteiger partial charge on any atom is -0.480 e. The lowest BCUT2D eigenvalue weighted by Crippen LogP contribution is -2.42. The van der Waals surface area contributed by atoms with Crippen LogP contribution in [0.2, 0.25) is 0 Å². The maximum atomic E-state index is 12.4. The summed E-state index contributed by atoms with van der Waals surface area (Å²) in [5.74, 6) is -0.816. The van der Waals surface area contributed by atoms with E-state index < -0.39 is 22.0 Å². The average Bonchev–Trinajstić information content (AvgIpc) is 2.85. The highest BCUT2D eigenvalue weighted by Crippen LogP contribution is 2.30. The first-order valence-electron chi connectivity index (χ1n) is 4.73. The van der Waals surface area contributed by atoms with Crippen molar-refractivity contribution in [2.75, 3.05) is 11.6 Å². The van der Waals surface area contributed by atoms with Crippen LogP contribution in [0.25, 0.3) is 0 Å². The number of aryl methyl sites for hydroxylation is 1. The molecule has 8 nitrogen and oxygen atoms in total. The van der Waals surface area contributed by atoms with E-state index in [0.29, 0.717) is 0 Å². The minimum atomic E-state index is -3.93. The Labute approximate surface area is 116 Å². The van der Waals surface area contributed by atoms with Crippen LogP contribution in [0.15, 0.2) is 9.63 Å². The number of thioether (sulfide) groups is 1. The van der Waals surface area contributed by atoms with Crippen LogP contribution in [0, 0.1) is 0 Å². The number of hydrogen-bond donors (Lipinski definition) is 1. The molecule has 0 radical (unpaired) electrons. The molecule has 11 heteroatoms. The molecule has 0 unspecified atom stereocenters. The third-order valence-electron chi connectivity index (χ3n) is 2.42. The molecule has 0 amide bonds. The van der Waals surface area contributed by atoms with Crippen molar-refractivity contribution in [3.05, 3.63) is 4.60 Å². The largest absolute Gasteiger partial charge is 0.480 e. The molecule has 0 aliphatic carbocycles. The summed E-state index contributed by atoms with van der Waals surface area (Å²) >= 11 is 4.26. The number of sulfonamides is 1. The second kappa shape index (κ2) is 4.79. The first-order chi connectivity index (χ1) is 8.35. The molecule has 0 bridgehead atoms. The predicted molar refractivity (Wildman–Crippen MR) is 66.5 cm³/mol. The molecule has 100 valence electrons. The van der Waals surface area contributed by atoms with Crippen molar-refractivity contribution in [3.63, 3.8) is 0 Å². The second-order valence-corrected chi connectivity index (χ2v) is 7.11. The van der Waals surface area contributed by atoms with Gasteiger partial charge in [0.05, 0.1) is 5.88 Å². The van der Waals surface area contributed by atoms with Crippen molar-refractivity contribution >= 4 is 43.7 Å². The Morgan fingerprint density at radius 1 is 1.61 bits per heavy atom. The molecule has 0 aromatic carbocycles. The summed E-state index contributed by atoms with van der Waals surface area (Å²) in [6, 6.07) is -1.05. The van der Waals surface area contributed by atoms with Crippen LogP contribution in [-0.4, -0.2) is 56.5 Å². The second-order valence-electron chi connectivity index (χ2n) is 3.56. The predicted octanol–water partition coefficient (Wildman–Crippen LogP) is -0.274. The van der Waals surface area contributed by atoms with Crippen molar-refractivity contribution in [1.82, 2.24) is 19.3 Å². The van der Waals surface area contributed by atoms with Gasteiger partial charge in [0, 0.05) is 12.8 Å². The Morgan fingerprint density at radius 2 is 2.28 bits per heavy atom. The van der Waals surface area contributed by atoms with Crippen molar-refractivity contribution in [1.29, 1.82) is 0 Å². The van der Waals surface area contributed by atoms with E-state index in [1.807, 2.05) is 0 Å². The summed E-state index contributed by atoms with van der Waals surface area (Å²) in [6.07, 6.45) is 0. The van der Waals surface area contributed by atoms with Gasteiger partial charge in [0.1, 0.15) is 6.04 Å². The van der Waals surface area contributed by atoms with Crippen LogP contribution in [0.1, 0.15) is 0 Å². The molecular formula is C7H9BrN4O4S2. The zero-order chi connectivity index (χ0) is 13.5. The fraction of sp³-hybridized carbons (Fsp3) is 0.571. The fourth-order valence-electron chi connectivity index (χ4n) is 1.57. The average molecular weight is 357 g/mol. The molecule has 1 aliphatic heterocycles. The van der Waals surface area contributed by atoms with Crippen LogP contribution >= 0.6 is 27.7 Å². The highest BCUT2D eigenvalue weighted by atomic mass is 79.9. The zero-order valence-electron chi connectivity index (χ0n) is 9.15. The maximum absolute atomic E-state index is 12.4. The third kappa shape index (κ3) is 2.15. The Hall–Kier alpha value is -0.650. The first-order valence-corrected chi connectivity index (χ1v) is 8.12. The highest BCUT2D eigenvalue weighted by Gasteiger charge is 2.42. The van der Waals surface area contributed by atoms with E-state index >= 15 is 0 Å². The Kier molecular flexibility index (Phi) is 3.67. The Bertz CT molecular complexity index is 567. The summed E-state index contributed by atoms with van der Waals surface area (Å²) < 4.78 is 26.9. The van der Waals surface area contributed by atoms with E-state index in [2.05, 4.69) is 26.2 Å². The number of aromatic nitrogens is 3. The van der Waals surface area contributed by atoms with Gasteiger partial charge in [-0.1, -0.05) is 5.21 Å². The summed E-state index contributed by atoms with van der Waals surface area (Å²) in [7, 11) is -2.49. The Balaban J connectivity index is 2.46. The van der Waals surface area contributed by atoms with Crippen molar-refractivity contribution in [2.45, 2.75) is 11.1 Å². The highest BCUT2D eigenvalue weighted by molar-refractivity contribution is 9.10. The molecule has 1 saturated heterocycles. The summed E-state index contributed by atoms with van der Waals surface area (Å²) in [5, 5.41) is 16.0. The number of aliphatic carboxylic acids is 1. The SMILES string of the molecule is Cn1nnc(Br)c1S(=O)(=O)N1CSC[C@H]1C(=O)O. The van der Waals surface area contributed by atoms with Gasteiger partial charge in [-0.15, -0.1) is 16.9 Å². The number of nitrogens with zero attached hydrogens (tertiary/aromatic N) is 4. The van der Waals surface area contributed by atoms with E-state index in [0.717, 1.165) is 8.99 Å². The molecule has 0 spiro atoms. The molecule has 0 saturated carbocycles. The van der Waals surface area contributed by atoms with Gasteiger partial charge in [-0.3, -0.25) is 4.79 Å². The lowest BCUT2D eigenvalue weighted by atomic mass is 10.4. The molecule has 1 N–H and O–H groups in total. The topological polar surface area (TPSA) is 105 Å². The van der Waals surface area contributed by atoms with Gasteiger partial charge >= 0.3 is 5.97 Å². The van der Waals surface area contributed by atoms with Gasteiger partial charge < -0.3 is 5.11 Å². The standard InChI is InChI=1S/C7H9BrN4O4S2/c1-11-6(5(8)9-10-11)18(15,16)12-3-17-2-4(12)7(13)14/h4H,2-3H2,1H3,(H,13,14)/t4-/m0/s1. The molecule has 1 atom stereocenters. The molecular weight excluding hydrogens is 348 g/mol. The van der Waals surface area contributed by atoms with Crippen molar-refractivity contribution in [3.8, 4) is 0 Å². The van der Waals surface area contributed by atoms with Gasteiger partial charge in [0.2, 0.25) is 5.03 Å². The molecule has 18 heavy (non-hydrogen) atoms. The number of hydrogen-bond acceptors (Lipinski definition) is 6. The van der Waals surface area contributed by atoms with Crippen LogP contribution in [0.4, 0.5) is 0 Å². The third-order valence-corrected chi connectivity index (χ3v) is 6.34. The lowest BCUT2D eigenvalue weighted by molar-refractivity contribution is -0.140. The van der Waals surface area contributed by atoms with Gasteiger partial charge in [-0.2, -0.15) is 4.31 Å². The smallest absolute Gasteiger partial charge is 0.322 e. The monoisotopic (exact) mass is 356 g/mol. The number of carbonyl (C=O) groups is 1. The molecule has 1 aliphatic rings. The molecule has 1 aromatic rings. The van der Waals surface area contributed by atoms with Gasteiger partial charge in [0.25, 0.3) is 10.0 Å². The van der Waals surface area contributed by atoms with Gasteiger partial charge in [0.15, 0.2) is 4.60 Å². The molecule has 2 heterocycles. The summed E-state index contributed by atoms with van der Waals surface area (Å²) in [5.41, 5.74) is 0. The quantitative estimate of drug-likeness (QED) is 0.794. The van der Waals surface area contributed by atoms with Crippen LogP contribution in [0.5, 0.6) is 0 Å². The summed E-state index contributed by atoms with van der Waals surface area (Å²) in [6.45, 7) is 0. The molecule has 1 aromatic heterocycles. The van der Waals surface area contributed by atoms with E-state index in [-0.39, 0.29) is 21.3 Å². The number of halogens is 1. The zero-order valence-corrected chi connectivity index (χ0v) is 12.4. The first kappa shape index (κ1) is 13.8. The molecule has 1 fully saturated rings. The number of carboxylic acid groups (broad SMARTS) is 1. The Morgan fingerprint density at radius 3 is 2.78 bits per heavy atom. The molecule has 2 rings (SSSR count). The van der Waals surface area contributed by atoms with Gasteiger partial charge in [-0.25, -0.2) is 13.1 Å². The van der Waals surface area contributed by atoms with Gasteiger partial charge in [-0.05, 0) is 15.9 Å². The van der Waals surface area contributed by atoms with E-state index in [1.165, 1.54) is 18.8 Å². The van der Waals surface area contributed by atoms with Crippen molar-refractivity contribution < 1.29 is 18.3 Å². The van der Waals surface area contributed by atoms with Crippen LogP contribution in [-0.2, 0) is 21.9 Å². The van der Waals surface area contributed by atoms with Crippen LogP contribution in [0.3, 0.4) is 0 Å². The normalized spacial score (nSPS) is 21.3. The minimum absolute atomic E-state index is 0.0750.